The topological polar surface area (TPSA) is 76.4 Å². The fourth-order valence-corrected chi connectivity index (χ4v) is 4.21. The third kappa shape index (κ3) is 3.24. The zero-order valence-electron chi connectivity index (χ0n) is 11.6. The van der Waals surface area contributed by atoms with Gasteiger partial charge in [-0.1, -0.05) is 17.7 Å². The Morgan fingerprint density at radius 2 is 2.08 bits per heavy atom. The molecular formula is C12H8ClF3N4O2S2. The van der Waals surface area contributed by atoms with E-state index < -0.39 is 27.4 Å². The molecular weight excluding hydrogens is 389 g/mol. The lowest BCUT2D eigenvalue weighted by atomic mass is 10.2. The molecule has 3 heterocycles. The summed E-state index contributed by atoms with van der Waals surface area (Å²) in [5, 5.41) is 8.54. The molecule has 3 aromatic heterocycles. The molecule has 0 atom stereocenters. The summed E-state index contributed by atoms with van der Waals surface area (Å²) in [6.07, 6.45) is -3.46. The number of pyridine rings is 1. The molecule has 0 aliphatic heterocycles. The van der Waals surface area contributed by atoms with Crippen LogP contribution in [0.4, 0.5) is 13.2 Å². The van der Waals surface area contributed by atoms with Crippen LogP contribution in [0.3, 0.4) is 0 Å². The van der Waals surface area contributed by atoms with Crippen LogP contribution >= 0.6 is 22.9 Å². The van der Waals surface area contributed by atoms with Gasteiger partial charge in [0.05, 0.1) is 11.6 Å². The summed E-state index contributed by atoms with van der Waals surface area (Å²) in [4.78, 5) is 0. The van der Waals surface area contributed by atoms with Crippen molar-refractivity contribution in [2.75, 3.05) is 0 Å². The van der Waals surface area contributed by atoms with E-state index in [0.717, 1.165) is 21.8 Å². The molecule has 128 valence electrons. The van der Waals surface area contributed by atoms with E-state index in [9.17, 15) is 21.6 Å². The molecule has 0 bridgehead atoms. The van der Waals surface area contributed by atoms with Crippen molar-refractivity contribution >= 4 is 38.6 Å². The van der Waals surface area contributed by atoms with E-state index in [1.54, 1.807) is 11.4 Å². The first-order valence-electron chi connectivity index (χ1n) is 6.32. The Bertz CT molecular complexity index is 984. The van der Waals surface area contributed by atoms with Crippen molar-refractivity contribution in [2.24, 2.45) is 0 Å². The first-order valence-corrected chi connectivity index (χ1v) is 9.06. The van der Waals surface area contributed by atoms with E-state index in [0.29, 0.717) is 0 Å². The maximum atomic E-state index is 13.0. The van der Waals surface area contributed by atoms with E-state index in [1.807, 2.05) is 0 Å². The molecule has 0 aliphatic carbocycles. The van der Waals surface area contributed by atoms with Crippen molar-refractivity contribution < 1.29 is 21.6 Å². The molecule has 0 spiro atoms. The molecule has 0 saturated carbocycles. The SMILES string of the molecule is O=S(=O)(NCc1nnc2c(C(F)(F)F)cc(Cl)cn12)c1cccs1. The van der Waals surface area contributed by atoms with Crippen LogP contribution in [0.15, 0.2) is 34.0 Å². The standard InChI is InChI=1S/C12H8ClF3N4O2S2/c13-7-4-8(12(14,15)16)11-19-18-9(20(11)6-7)5-17-24(21,22)10-2-1-3-23-10/h1-4,6,17H,5H2. The molecule has 0 fully saturated rings. The lowest BCUT2D eigenvalue weighted by Gasteiger charge is -2.09. The second-order valence-electron chi connectivity index (χ2n) is 4.64. The second-order valence-corrected chi connectivity index (χ2v) is 8.01. The second kappa shape index (κ2) is 5.99. The van der Waals surface area contributed by atoms with Crippen LogP contribution in [0.25, 0.3) is 5.65 Å². The Hall–Kier alpha value is -1.69. The van der Waals surface area contributed by atoms with Gasteiger partial charge in [-0.15, -0.1) is 21.5 Å². The van der Waals surface area contributed by atoms with Gasteiger partial charge in [-0.25, -0.2) is 13.1 Å². The predicted octanol–water partition coefficient (Wildman–Crippen LogP) is 2.94. The Labute approximate surface area is 142 Å². The first-order chi connectivity index (χ1) is 11.2. The minimum Gasteiger partial charge on any atom is -0.283 e. The molecule has 1 N–H and O–H groups in total. The highest BCUT2D eigenvalue weighted by molar-refractivity contribution is 7.91. The molecule has 0 amide bonds. The molecule has 3 aromatic rings. The van der Waals surface area contributed by atoms with Crippen LogP contribution in [0.2, 0.25) is 5.02 Å². The number of aromatic nitrogens is 3. The summed E-state index contributed by atoms with van der Waals surface area (Å²) in [5.74, 6) is -0.0156. The van der Waals surface area contributed by atoms with Gasteiger partial charge in [-0.05, 0) is 17.5 Å². The number of thiophene rings is 1. The van der Waals surface area contributed by atoms with Crippen LogP contribution in [-0.2, 0) is 22.7 Å². The molecule has 0 unspecified atom stereocenters. The summed E-state index contributed by atoms with van der Waals surface area (Å²) < 4.78 is 66.5. The van der Waals surface area contributed by atoms with Gasteiger partial charge in [-0.3, -0.25) is 4.40 Å². The van der Waals surface area contributed by atoms with Crippen molar-refractivity contribution in [1.82, 2.24) is 19.3 Å². The first kappa shape index (κ1) is 17.1. The number of fused-ring (bicyclic) bond motifs is 1. The maximum Gasteiger partial charge on any atom is 0.420 e. The molecule has 0 aliphatic rings. The van der Waals surface area contributed by atoms with Gasteiger partial charge < -0.3 is 0 Å². The Balaban J connectivity index is 1.96. The number of rotatable bonds is 4. The average Bonchev–Trinajstić information content (AvgIpc) is 3.13. The van der Waals surface area contributed by atoms with Gasteiger partial charge in [0, 0.05) is 6.20 Å². The van der Waals surface area contributed by atoms with Gasteiger partial charge in [-0.2, -0.15) is 13.2 Å². The fraction of sp³-hybridized carbons (Fsp3) is 0.167. The van der Waals surface area contributed by atoms with E-state index in [2.05, 4.69) is 14.9 Å². The lowest BCUT2D eigenvalue weighted by molar-refractivity contribution is -0.136. The van der Waals surface area contributed by atoms with Crippen molar-refractivity contribution in [1.29, 1.82) is 0 Å². The highest BCUT2D eigenvalue weighted by Gasteiger charge is 2.35. The summed E-state index contributed by atoms with van der Waals surface area (Å²) >= 11 is 6.73. The van der Waals surface area contributed by atoms with Gasteiger partial charge in [0.15, 0.2) is 11.5 Å². The number of alkyl halides is 3. The van der Waals surface area contributed by atoms with Crippen molar-refractivity contribution in [2.45, 2.75) is 16.9 Å². The third-order valence-electron chi connectivity index (χ3n) is 3.03. The third-order valence-corrected chi connectivity index (χ3v) is 6.03. The minimum absolute atomic E-state index is 0.0156. The highest BCUT2D eigenvalue weighted by Crippen LogP contribution is 2.33. The van der Waals surface area contributed by atoms with E-state index in [-0.39, 0.29) is 21.6 Å². The quantitative estimate of drug-likeness (QED) is 0.735. The number of sulfonamides is 1. The normalized spacial score (nSPS) is 12.8. The predicted molar refractivity (Wildman–Crippen MR) is 81.3 cm³/mol. The summed E-state index contributed by atoms with van der Waals surface area (Å²) in [7, 11) is -3.78. The largest absolute Gasteiger partial charge is 0.420 e. The Morgan fingerprint density at radius 3 is 2.71 bits per heavy atom. The van der Waals surface area contributed by atoms with E-state index in [4.69, 9.17) is 11.6 Å². The monoisotopic (exact) mass is 396 g/mol. The molecule has 0 aromatic carbocycles. The molecule has 3 rings (SSSR count). The zero-order chi connectivity index (χ0) is 17.5. The van der Waals surface area contributed by atoms with Crippen molar-refractivity contribution in [3.8, 4) is 0 Å². The van der Waals surface area contributed by atoms with Crippen LogP contribution in [-0.4, -0.2) is 23.0 Å². The summed E-state index contributed by atoms with van der Waals surface area (Å²) in [6, 6.07) is 3.72. The maximum absolute atomic E-state index is 13.0. The minimum atomic E-state index is -4.66. The zero-order valence-corrected chi connectivity index (χ0v) is 14.0. The molecule has 0 saturated heterocycles. The Morgan fingerprint density at radius 1 is 1.33 bits per heavy atom. The molecule has 24 heavy (non-hydrogen) atoms. The highest BCUT2D eigenvalue weighted by atomic mass is 35.5. The number of nitrogens with zero attached hydrogens (tertiary/aromatic N) is 3. The summed E-state index contributed by atoms with van der Waals surface area (Å²) in [6.45, 7) is -0.334. The van der Waals surface area contributed by atoms with Crippen LogP contribution in [0.1, 0.15) is 11.4 Å². The van der Waals surface area contributed by atoms with E-state index in [1.165, 1.54) is 12.3 Å². The van der Waals surface area contributed by atoms with Gasteiger partial charge in [0.1, 0.15) is 9.77 Å². The summed E-state index contributed by atoms with van der Waals surface area (Å²) in [5.41, 5.74) is -1.49. The number of hydrogen-bond acceptors (Lipinski definition) is 5. The molecule has 6 nitrogen and oxygen atoms in total. The van der Waals surface area contributed by atoms with Gasteiger partial charge >= 0.3 is 6.18 Å². The smallest absolute Gasteiger partial charge is 0.283 e. The van der Waals surface area contributed by atoms with E-state index >= 15 is 0 Å². The lowest BCUT2D eigenvalue weighted by Crippen LogP contribution is -2.23. The van der Waals surface area contributed by atoms with Crippen molar-refractivity contribution in [3.05, 3.63) is 46.2 Å². The number of nitrogens with one attached hydrogen (secondary N) is 1. The van der Waals surface area contributed by atoms with Crippen LogP contribution < -0.4 is 4.72 Å². The van der Waals surface area contributed by atoms with Crippen LogP contribution in [0.5, 0.6) is 0 Å². The number of halogens is 4. The average molecular weight is 397 g/mol. The Kier molecular flexibility index (Phi) is 4.28. The molecule has 12 heteroatoms. The molecule has 0 radical (unpaired) electrons. The van der Waals surface area contributed by atoms with Crippen molar-refractivity contribution in [3.63, 3.8) is 0 Å². The number of hydrogen-bond donors (Lipinski definition) is 1. The van der Waals surface area contributed by atoms with Gasteiger partial charge in [0.25, 0.3) is 0 Å². The van der Waals surface area contributed by atoms with Crippen LogP contribution in [0, 0.1) is 0 Å². The fourth-order valence-electron chi connectivity index (χ4n) is 1.98. The van der Waals surface area contributed by atoms with Gasteiger partial charge in [0.2, 0.25) is 10.0 Å².